The number of fused-ring (bicyclic) bond motifs is 1. The molecule has 7 heteroatoms. The van der Waals surface area contributed by atoms with E-state index < -0.39 is 5.60 Å². The van der Waals surface area contributed by atoms with Gasteiger partial charge in [0, 0.05) is 19.2 Å². The van der Waals surface area contributed by atoms with Gasteiger partial charge < -0.3 is 10.0 Å². The predicted octanol–water partition coefficient (Wildman–Crippen LogP) is 2.86. The van der Waals surface area contributed by atoms with E-state index in [9.17, 15) is 15.2 Å². The lowest BCUT2D eigenvalue weighted by molar-refractivity contribution is -0.384. The molecule has 0 aliphatic carbocycles. The molecular formula is C14H17N3O3S. The minimum atomic E-state index is -0.806. The zero-order chi connectivity index (χ0) is 15.2. The van der Waals surface area contributed by atoms with Gasteiger partial charge in [-0.25, -0.2) is 4.98 Å². The van der Waals surface area contributed by atoms with E-state index in [0.717, 1.165) is 28.1 Å². The lowest BCUT2D eigenvalue weighted by Crippen LogP contribution is -2.46. The van der Waals surface area contributed by atoms with E-state index >= 15 is 0 Å². The second kappa shape index (κ2) is 4.92. The second-order valence-corrected chi connectivity index (χ2v) is 7.06. The summed E-state index contributed by atoms with van der Waals surface area (Å²) >= 11 is 1.46. The number of hydrogen-bond donors (Lipinski definition) is 1. The van der Waals surface area contributed by atoms with Crippen molar-refractivity contribution in [1.82, 2.24) is 4.98 Å². The Morgan fingerprint density at radius 1 is 1.52 bits per heavy atom. The number of hydrogen-bond acceptors (Lipinski definition) is 6. The molecular weight excluding hydrogens is 290 g/mol. The maximum Gasteiger partial charge on any atom is 0.294 e. The van der Waals surface area contributed by atoms with Gasteiger partial charge in [0.05, 0.1) is 25.7 Å². The molecule has 3 rings (SSSR count). The van der Waals surface area contributed by atoms with Gasteiger partial charge in [0.2, 0.25) is 0 Å². The van der Waals surface area contributed by atoms with Gasteiger partial charge in [0.25, 0.3) is 5.69 Å². The Morgan fingerprint density at radius 2 is 2.29 bits per heavy atom. The fraction of sp³-hybridized carbons (Fsp3) is 0.500. The molecule has 112 valence electrons. The van der Waals surface area contributed by atoms with Gasteiger partial charge in [0.1, 0.15) is 5.69 Å². The van der Waals surface area contributed by atoms with Crippen molar-refractivity contribution in [2.45, 2.75) is 32.3 Å². The van der Waals surface area contributed by atoms with E-state index in [1.165, 1.54) is 11.3 Å². The second-order valence-electron chi connectivity index (χ2n) is 5.82. The van der Waals surface area contributed by atoms with Crippen LogP contribution in [0.25, 0.3) is 10.2 Å². The van der Waals surface area contributed by atoms with E-state index in [0.29, 0.717) is 18.8 Å². The maximum atomic E-state index is 11.4. The quantitative estimate of drug-likeness (QED) is 0.681. The average molecular weight is 307 g/mol. The largest absolute Gasteiger partial charge is 0.388 e. The zero-order valence-corrected chi connectivity index (χ0v) is 12.8. The molecule has 0 bridgehead atoms. The Kier molecular flexibility index (Phi) is 3.33. The number of nitro benzene ring substituents is 1. The standard InChI is InChI=1S/C14H17N3O3S/c1-9-15-10-6-11(12(17(19)20)7-13(10)21-9)16-5-3-4-14(2,18)8-16/h6-7,18H,3-5,8H2,1-2H3. The number of nitrogens with zero attached hydrogens (tertiary/aromatic N) is 3. The smallest absolute Gasteiger partial charge is 0.294 e. The third-order valence-corrected chi connectivity index (χ3v) is 4.74. The van der Waals surface area contributed by atoms with Gasteiger partial charge in [-0.05, 0) is 32.8 Å². The Bertz CT molecular complexity index is 711. The van der Waals surface area contributed by atoms with Crippen LogP contribution in [-0.4, -0.2) is 33.7 Å². The molecule has 0 radical (unpaired) electrons. The summed E-state index contributed by atoms with van der Waals surface area (Å²) in [6.07, 6.45) is 1.54. The minimum Gasteiger partial charge on any atom is -0.388 e. The number of anilines is 1. The third-order valence-electron chi connectivity index (χ3n) is 3.80. The van der Waals surface area contributed by atoms with Gasteiger partial charge >= 0.3 is 0 Å². The molecule has 1 fully saturated rings. The van der Waals surface area contributed by atoms with Crippen LogP contribution in [0.4, 0.5) is 11.4 Å². The topological polar surface area (TPSA) is 79.5 Å². The van der Waals surface area contributed by atoms with Crippen LogP contribution in [0.1, 0.15) is 24.8 Å². The van der Waals surface area contributed by atoms with Crippen LogP contribution < -0.4 is 4.90 Å². The molecule has 21 heavy (non-hydrogen) atoms. The monoisotopic (exact) mass is 307 g/mol. The molecule has 2 heterocycles. The molecule has 1 atom stereocenters. The summed E-state index contributed by atoms with van der Waals surface area (Å²) in [6.45, 7) is 4.78. The summed E-state index contributed by atoms with van der Waals surface area (Å²) in [5.41, 5.74) is 0.615. The fourth-order valence-corrected chi connectivity index (χ4v) is 3.73. The molecule has 1 aromatic carbocycles. The lowest BCUT2D eigenvalue weighted by atomic mass is 9.94. The number of nitro groups is 1. The summed E-state index contributed by atoms with van der Waals surface area (Å²) in [6, 6.07) is 3.37. The first kappa shape index (κ1) is 14.2. The first-order valence-electron chi connectivity index (χ1n) is 6.89. The lowest BCUT2D eigenvalue weighted by Gasteiger charge is -2.37. The fourth-order valence-electron chi connectivity index (χ4n) is 2.89. The highest BCUT2D eigenvalue weighted by molar-refractivity contribution is 7.18. The number of piperidine rings is 1. The SMILES string of the molecule is Cc1nc2cc(N3CCCC(C)(O)C3)c([N+](=O)[O-])cc2s1. The van der Waals surface area contributed by atoms with E-state index in [2.05, 4.69) is 4.98 Å². The number of aromatic nitrogens is 1. The Hall–Kier alpha value is -1.73. The van der Waals surface area contributed by atoms with Gasteiger partial charge in [-0.3, -0.25) is 10.1 Å². The van der Waals surface area contributed by atoms with Crippen molar-refractivity contribution in [3.05, 3.63) is 27.3 Å². The Labute approximate surface area is 126 Å². The van der Waals surface area contributed by atoms with Crippen molar-refractivity contribution in [3.63, 3.8) is 0 Å². The van der Waals surface area contributed by atoms with Crippen molar-refractivity contribution in [2.75, 3.05) is 18.0 Å². The number of thiazole rings is 1. The molecule has 1 aromatic heterocycles. The predicted molar refractivity (Wildman–Crippen MR) is 83.1 cm³/mol. The summed E-state index contributed by atoms with van der Waals surface area (Å²) in [5.74, 6) is 0. The van der Waals surface area contributed by atoms with Crippen molar-refractivity contribution in [3.8, 4) is 0 Å². The molecule has 0 saturated carbocycles. The van der Waals surface area contributed by atoms with Crippen molar-refractivity contribution in [1.29, 1.82) is 0 Å². The molecule has 1 aliphatic rings. The normalized spacial score (nSPS) is 22.7. The van der Waals surface area contributed by atoms with Crippen LogP contribution in [0.15, 0.2) is 12.1 Å². The van der Waals surface area contributed by atoms with Crippen molar-refractivity contribution < 1.29 is 10.0 Å². The van der Waals surface area contributed by atoms with Crippen molar-refractivity contribution in [2.24, 2.45) is 0 Å². The van der Waals surface area contributed by atoms with E-state index in [1.54, 1.807) is 19.1 Å². The first-order chi connectivity index (χ1) is 9.85. The van der Waals surface area contributed by atoms with Gasteiger partial charge in [-0.2, -0.15) is 0 Å². The van der Waals surface area contributed by atoms with E-state index in [1.807, 2.05) is 11.8 Å². The average Bonchev–Trinajstić information content (AvgIpc) is 2.75. The minimum absolute atomic E-state index is 0.0869. The maximum absolute atomic E-state index is 11.4. The zero-order valence-electron chi connectivity index (χ0n) is 12.0. The number of rotatable bonds is 2. The number of benzene rings is 1. The summed E-state index contributed by atoms with van der Waals surface area (Å²) in [7, 11) is 0. The Balaban J connectivity index is 2.10. The molecule has 6 nitrogen and oxygen atoms in total. The highest BCUT2D eigenvalue weighted by atomic mass is 32.1. The van der Waals surface area contributed by atoms with Crippen LogP contribution in [0, 0.1) is 17.0 Å². The molecule has 0 spiro atoms. The highest BCUT2D eigenvalue weighted by Gasteiger charge is 2.32. The molecule has 1 N–H and O–H groups in total. The molecule has 1 saturated heterocycles. The Morgan fingerprint density at radius 3 is 2.95 bits per heavy atom. The highest BCUT2D eigenvalue weighted by Crippen LogP contribution is 2.37. The first-order valence-corrected chi connectivity index (χ1v) is 7.70. The number of β-amino-alcohol motifs (C(OH)–C–C–N with tert-alkyl or cyclic N) is 1. The summed E-state index contributed by atoms with van der Waals surface area (Å²) in [5, 5.41) is 22.5. The molecule has 2 aromatic rings. The van der Waals surface area contributed by atoms with Gasteiger partial charge in [-0.1, -0.05) is 0 Å². The van der Waals surface area contributed by atoms with Crippen LogP contribution in [0.5, 0.6) is 0 Å². The van der Waals surface area contributed by atoms with Crippen LogP contribution >= 0.6 is 11.3 Å². The van der Waals surface area contributed by atoms with Gasteiger partial charge in [-0.15, -0.1) is 11.3 Å². The number of aryl methyl sites for hydroxylation is 1. The van der Waals surface area contributed by atoms with Crippen LogP contribution in [0.3, 0.4) is 0 Å². The van der Waals surface area contributed by atoms with Gasteiger partial charge in [0.15, 0.2) is 0 Å². The molecule has 0 amide bonds. The summed E-state index contributed by atoms with van der Waals surface area (Å²) in [4.78, 5) is 17.3. The van der Waals surface area contributed by atoms with E-state index in [-0.39, 0.29) is 10.6 Å². The number of aliphatic hydroxyl groups is 1. The van der Waals surface area contributed by atoms with Crippen LogP contribution in [-0.2, 0) is 0 Å². The molecule has 1 aliphatic heterocycles. The molecule has 1 unspecified atom stereocenters. The van der Waals surface area contributed by atoms with Crippen molar-refractivity contribution >= 4 is 32.9 Å². The van der Waals surface area contributed by atoms with E-state index in [4.69, 9.17) is 0 Å². The van der Waals surface area contributed by atoms with Crippen LogP contribution in [0.2, 0.25) is 0 Å². The third kappa shape index (κ3) is 2.71. The summed E-state index contributed by atoms with van der Waals surface area (Å²) < 4.78 is 0.826.